The first kappa shape index (κ1) is 24.3. The van der Waals surface area contributed by atoms with Crippen molar-refractivity contribution in [3.05, 3.63) is 51.6 Å². The Labute approximate surface area is 198 Å². The van der Waals surface area contributed by atoms with E-state index in [4.69, 9.17) is 11.6 Å². The van der Waals surface area contributed by atoms with Crippen LogP contribution in [0.25, 0.3) is 0 Å². The molecule has 0 radical (unpaired) electrons. The van der Waals surface area contributed by atoms with E-state index < -0.39 is 54.3 Å². The smallest absolute Gasteiger partial charge is 0.294 e. The van der Waals surface area contributed by atoms with Crippen LogP contribution < -0.4 is 10.6 Å². The van der Waals surface area contributed by atoms with Crippen LogP contribution in [0.4, 0.5) is 18.9 Å². The highest BCUT2D eigenvalue weighted by Crippen LogP contribution is 2.45. The number of aliphatic hydroxyl groups excluding tert-OH is 1. The van der Waals surface area contributed by atoms with Crippen molar-refractivity contribution in [3.63, 3.8) is 0 Å². The van der Waals surface area contributed by atoms with Crippen molar-refractivity contribution in [2.75, 3.05) is 11.9 Å². The van der Waals surface area contributed by atoms with Gasteiger partial charge >= 0.3 is 0 Å². The van der Waals surface area contributed by atoms with Gasteiger partial charge in [0.15, 0.2) is 0 Å². The van der Waals surface area contributed by atoms with Crippen LogP contribution in [0.2, 0.25) is 5.02 Å². The molecule has 34 heavy (non-hydrogen) atoms. The minimum absolute atomic E-state index is 0.00802. The molecular formula is C23H23ClF3N3O4. The van der Waals surface area contributed by atoms with Crippen molar-refractivity contribution in [1.29, 1.82) is 0 Å². The third-order valence-corrected chi connectivity index (χ3v) is 6.65. The number of nitrogens with one attached hydrogen (secondary N) is 2. The van der Waals surface area contributed by atoms with Crippen molar-refractivity contribution in [2.45, 2.75) is 57.0 Å². The molecule has 3 N–H and O–H groups in total. The first-order chi connectivity index (χ1) is 16.0. The number of aliphatic hydroxyl groups is 1. The highest BCUT2D eigenvalue weighted by molar-refractivity contribution is 6.43. The fourth-order valence-corrected chi connectivity index (χ4v) is 5.00. The Bertz CT molecular complexity index is 1190. The second kappa shape index (κ2) is 8.74. The number of hydrogen-bond donors (Lipinski definition) is 3. The highest BCUT2D eigenvalue weighted by atomic mass is 35.5. The van der Waals surface area contributed by atoms with Gasteiger partial charge in [-0.05, 0) is 49.9 Å². The zero-order chi connectivity index (χ0) is 24.8. The summed E-state index contributed by atoms with van der Waals surface area (Å²) in [5.74, 6) is -6.28. The normalized spacial score (nSPS) is 17.9. The molecule has 0 spiro atoms. The van der Waals surface area contributed by atoms with Crippen molar-refractivity contribution >= 4 is 34.9 Å². The summed E-state index contributed by atoms with van der Waals surface area (Å²) in [6.45, 7) is 1.22. The topological polar surface area (TPSA) is 100 Å². The summed E-state index contributed by atoms with van der Waals surface area (Å²) >= 11 is 5.79. The number of fused-ring (bicyclic) bond motifs is 1. The number of amides is 2. The molecule has 1 fully saturated rings. The molecule has 4 rings (SSSR count). The van der Waals surface area contributed by atoms with E-state index in [1.165, 1.54) is 19.1 Å². The Kier molecular flexibility index (Phi) is 6.24. The second-order valence-corrected chi connectivity index (χ2v) is 9.33. The SMILES string of the molecule is Cc1c(C(=O)Nc2ccc(F)c(Cl)c2)c2n(c1C(=O)C(=O)NC1(CO)CC(F)(F)C1)CCCC2. The maximum absolute atomic E-state index is 13.5. The quantitative estimate of drug-likeness (QED) is 0.419. The molecule has 7 nitrogen and oxygen atoms in total. The molecule has 1 aromatic heterocycles. The molecule has 0 bridgehead atoms. The number of benzene rings is 1. The number of alkyl halides is 2. The summed E-state index contributed by atoms with van der Waals surface area (Å²) in [5.41, 5.74) is -0.203. The number of aromatic nitrogens is 1. The van der Waals surface area contributed by atoms with E-state index in [9.17, 15) is 32.7 Å². The molecule has 0 unspecified atom stereocenters. The van der Waals surface area contributed by atoms with Crippen LogP contribution in [0.1, 0.15) is 57.8 Å². The Morgan fingerprint density at radius 3 is 2.53 bits per heavy atom. The van der Waals surface area contributed by atoms with E-state index in [0.29, 0.717) is 18.7 Å². The standard InChI is InChI=1S/C23H23ClF3N3O4/c1-12-17(20(33)28-13-5-6-15(25)14(24)8-13)16-4-2-3-7-30(16)18(12)19(32)21(34)29-22(11-31)9-23(26,27)10-22/h5-6,8,31H,2-4,7,9-11H2,1H3,(H,28,33)(H,29,34). The lowest BCUT2D eigenvalue weighted by Gasteiger charge is -2.46. The fraction of sp³-hybridized carbons (Fsp3) is 0.435. The third-order valence-electron chi connectivity index (χ3n) is 6.36. The first-order valence-corrected chi connectivity index (χ1v) is 11.2. The molecule has 0 saturated heterocycles. The van der Waals surface area contributed by atoms with Crippen LogP contribution in [0, 0.1) is 12.7 Å². The number of nitrogens with zero attached hydrogens (tertiary/aromatic N) is 1. The minimum atomic E-state index is -3.02. The van der Waals surface area contributed by atoms with E-state index in [1.807, 2.05) is 0 Å². The number of rotatable bonds is 6. The Morgan fingerprint density at radius 2 is 1.91 bits per heavy atom. The minimum Gasteiger partial charge on any atom is -0.394 e. The lowest BCUT2D eigenvalue weighted by molar-refractivity contribution is -0.154. The number of ketones is 1. The number of carbonyl (C=O) groups is 3. The molecule has 2 amide bonds. The number of hydrogen-bond acceptors (Lipinski definition) is 4. The Balaban J connectivity index is 1.63. The summed E-state index contributed by atoms with van der Waals surface area (Å²) < 4.78 is 41.8. The van der Waals surface area contributed by atoms with Crippen molar-refractivity contribution in [3.8, 4) is 0 Å². The summed E-state index contributed by atoms with van der Waals surface area (Å²) in [7, 11) is 0. The molecule has 11 heteroatoms. The Hall–Kier alpha value is -2.85. The predicted octanol–water partition coefficient (Wildman–Crippen LogP) is 3.64. The summed E-state index contributed by atoms with van der Waals surface area (Å²) in [6, 6.07) is 3.72. The molecule has 182 valence electrons. The van der Waals surface area contributed by atoms with Crippen molar-refractivity contribution in [2.24, 2.45) is 0 Å². The van der Waals surface area contributed by atoms with Gasteiger partial charge in [0.1, 0.15) is 5.82 Å². The number of anilines is 1. The van der Waals surface area contributed by atoms with Crippen molar-refractivity contribution in [1.82, 2.24) is 9.88 Å². The third kappa shape index (κ3) is 4.32. The number of carbonyl (C=O) groups excluding carboxylic acids is 3. The van der Waals surface area contributed by atoms with Gasteiger partial charge in [-0.25, -0.2) is 13.2 Å². The number of halogens is 4. The summed E-state index contributed by atoms with van der Waals surface area (Å²) in [4.78, 5) is 39.0. The summed E-state index contributed by atoms with van der Waals surface area (Å²) in [6.07, 6.45) is 0.484. The van der Waals surface area contributed by atoms with Gasteiger partial charge < -0.3 is 20.3 Å². The predicted molar refractivity (Wildman–Crippen MR) is 118 cm³/mol. The molecule has 2 heterocycles. The first-order valence-electron chi connectivity index (χ1n) is 10.8. The van der Waals surface area contributed by atoms with Gasteiger partial charge in [0.25, 0.3) is 23.5 Å². The lowest BCUT2D eigenvalue weighted by Crippen LogP contribution is -2.65. The van der Waals surface area contributed by atoms with E-state index in [2.05, 4.69) is 10.6 Å². The molecule has 1 saturated carbocycles. The van der Waals surface area contributed by atoms with E-state index in [1.54, 1.807) is 4.57 Å². The van der Waals surface area contributed by atoms with Crippen molar-refractivity contribution < 1.29 is 32.7 Å². The van der Waals surface area contributed by atoms with Gasteiger partial charge in [0, 0.05) is 30.8 Å². The van der Waals surface area contributed by atoms with Gasteiger partial charge in [0.2, 0.25) is 0 Å². The van der Waals surface area contributed by atoms with Crippen LogP contribution in [-0.4, -0.2) is 45.3 Å². The summed E-state index contributed by atoms with van der Waals surface area (Å²) in [5, 5.41) is 14.3. The second-order valence-electron chi connectivity index (χ2n) is 8.92. The zero-order valence-electron chi connectivity index (χ0n) is 18.3. The van der Waals surface area contributed by atoms with Crippen LogP contribution in [0.15, 0.2) is 18.2 Å². The van der Waals surface area contributed by atoms with Gasteiger partial charge in [-0.15, -0.1) is 0 Å². The molecule has 2 aromatic rings. The maximum atomic E-state index is 13.5. The maximum Gasteiger partial charge on any atom is 0.294 e. The van der Waals surface area contributed by atoms with E-state index in [0.717, 1.165) is 18.9 Å². The molecular weight excluding hydrogens is 475 g/mol. The number of Topliss-reactive ketones (excluding diaryl/α,β-unsaturated/α-hetero) is 1. The molecule has 2 aliphatic rings. The average Bonchev–Trinajstić information content (AvgIpc) is 3.05. The largest absolute Gasteiger partial charge is 0.394 e. The monoisotopic (exact) mass is 497 g/mol. The van der Waals surface area contributed by atoms with Crippen LogP contribution >= 0.6 is 11.6 Å². The van der Waals surface area contributed by atoms with Crippen LogP contribution in [-0.2, 0) is 17.8 Å². The van der Waals surface area contributed by atoms with Crippen LogP contribution in [0.3, 0.4) is 0 Å². The van der Waals surface area contributed by atoms with Gasteiger partial charge in [-0.1, -0.05) is 11.6 Å². The van der Waals surface area contributed by atoms with Crippen LogP contribution in [0.5, 0.6) is 0 Å². The van der Waals surface area contributed by atoms with Gasteiger partial charge in [-0.3, -0.25) is 14.4 Å². The van der Waals surface area contributed by atoms with E-state index >= 15 is 0 Å². The van der Waals surface area contributed by atoms with Gasteiger partial charge in [0.05, 0.1) is 28.4 Å². The zero-order valence-corrected chi connectivity index (χ0v) is 19.1. The molecule has 0 atom stereocenters. The van der Waals surface area contributed by atoms with Gasteiger partial charge in [-0.2, -0.15) is 0 Å². The fourth-order valence-electron chi connectivity index (χ4n) is 4.82. The average molecular weight is 498 g/mol. The van der Waals surface area contributed by atoms with E-state index in [-0.39, 0.29) is 27.5 Å². The molecule has 1 aromatic carbocycles. The lowest BCUT2D eigenvalue weighted by atomic mass is 9.74. The molecule has 1 aliphatic heterocycles. The highest BCUT2D eigenvalue weighted by Gasteiger charge is 2.57. The molecule has 1 aliphatic carbocycles. The Morgan fingerprint density at radius 1 is 1.21 bits per heavy atom.